The smallest absolute Gasteiger partial charge is 0.218 e. The number of fused-ring (bicyclic) bond motifs is 1. The summed E-state index contributed by atoms with van der Waals surface area (Å²) in [5.74, 6) is 0.792. The van der Waals surface area contributed by atoms with E-state index in [9.17, 15) is 0 Å². The second-order valence-electron chi connectivity index (χ2n) is 2.94. The van der Waals surface area contributed by atoms with Crippen LogP contribution in [0.1, 0.15) is 11.3 Å². The molecule has 3 nitrogen and oxygen atoms in total. The highest BCUT2D eigenvalue weighted by Gasteiger charge is 2.08. The van der Waals surface area contributed by atoms with Crippen molar-refractivity contribution in [3.8, 4) is 5.88 Å². The average molecular weight is 201 g/mol. The molecule has 72 valence electrons. The van der Waals surface area contributed by atoms with Crippen molar-refractivity contribution in [3.05, 3.63) is 23.4 Å². The molecule has 1 aliphatic rings. The third-order valence-electron chi connectivity index (χ3n) is 1.91. The maximum Gasteiger partial charge on any atom is 0.218 e. The van der Waals surface area contributed by atoms with Crippen LogP contribution in [0.3, 0.4) is 0 Å². The highest BCUT2D eigenvalue weighted by molar-refractivity contribution is 5.85. The minimum absolute atomic E-state index is 0. The second-order valence-corrected chi connectivity index (χ2v) is 2.94. The van der Waals surface area contributed by atoms with Gasteiger partial charge in [-0.2, -0.15) is 0 Å². The molecule has 0 unspecified atom stereocenters. The van der Waals surface area contributed by atoms with Crippen LogP contribution in [0.15, 0.2) is 12.1 Å². The van der Waals surface area contributed by atoms with E-state index in [0.717, 1.165) is 30.2 Å². The molecular formula is C9H13ClN2O. The van der Waals surface area contributed by atoms with E-state index >= 15 is 0 Å². The van der Waals surface area contributed by atoms with Gasteiger partial charge >= 0.3 is 0 Å². The van der Waals surface area contributed by atoms with E-state index in [0.29, 0.717) is 6.61 Å². The third-order valence-corrected chi connectivity index (χ3v) is 1.91. The minimum Gasteiger partial charge on any atom is -0.476 e. The van der Waals surface area contributed by atoms with Crippen LogP contribution < -0.4 is 10.1 Å². The Balaban J connectivity index is 0.000000845. The number of hydrogen-bond donors (Lipinski definition) is 1. The lowest BCUT2D eigenvalue weighted by atomic mass is 10.2. The van der Waals surface area contributed by atoms with Crippen LogP contribution in [0.25, 0.3) is 0 Å². The zero-order chi connectivity index (χ0) is 8.39. The highest BCUT2D eigenvalue weighted by Crippen LogP contribution is 2.17. The summed E-state index contributed by atoms with van der Waals surface area (Å²) < 4.78 is 5.46. The highest BCUT2D eigenvalue weighted by atomic mass is 35.5. The SMILES string of the molecule is Cc1ccc2c(n1)OCCNC2.Cl. The Hall–Kier alpha value is -0.800. The number of nitrogens with one attached hydrogen (secondary N) is 1. The van der Waals surface area contributed by atoms with Gasteiger partial charge in [0.2, 0.25) is 5.88 Å². The first kappa shape index (κ1) is 10.3. The summed E-state index contributed by atoms with van der Waals surface area (Å²) in [7, 11) is 0. The lowest BCUT2D eigenvalue weighted by Gasteiger charge is -2.04. The van der Waals surface area contributed by atoms with Gasteiger partial charge in [0, 0.05) is 24.3 Å². The Labute approximate surface area is 83.9 Å². The first-order valence-electron chi connectivity index (χ1n) is 4.16. The van der Waals surface area contributed by atoms with E-state index in [-0.39, 0.29) is 12.4 Å². The lowest BCUT2D eigenvalue weighted by Crippen LogP contribution is -2.16. The summed E-state index contributed by atoms with van der Waals surface area (Å²) >= 11 is 0. The van der Waals surface area contributed by atoms with E-state index in [1.165, 1.54) is 0 Å². The number of pyridine rings is 1. The predicted molar refractivity (Wildman–Crippen MR) is 53.4 cm³/mol. The summed E-state index contributed by atoms with van der Waals surface area (Å²) in [6.07, 6.45) is 0. The molecule has 0 fully saturated rings. The van der Waals surface area contributed by atoms with Crippen LogP contribution in [0.2, 0.25) is 0 Å². The Morgan fingerprint density at radius 1 is 1.46 bits per heavy atom. The van der Waals surface area contributed by atoms with E-state index in [4.69, 9.17) is 4.74 Å². The molecule has 0 spiro atoms. The van der Waals surface area contributed by atoms with Gasteiger partial charge in [-0.25, -0.2) is 4.98 Å². The number of hydrogen-bond acceptors (Lipinski definition) is 3. The molecule has 1 N–H and O–H groups in total. The van der Waals surface area contributed by atoms with Crippen molar-refractivity contribution in [3.63, 3.8) is 0 Å². The van der Waals surface area contributed by atoms with E-state index in [1.54, 1.807) is 0 Å². The Bertz CT molecular complexity index is 291. The van der Waals surface area contributed by atoms with Crippen molar-refractivity contribution in [2.24, 2.45) is 0 Å². The van der Waals surface area contributed by atoms with E-state index in [1.807, 2.05) is 13.0 Å². The van der Waals surface area contributed by atoms with Crippen molar-refractivity contribution in [2.45, 2.75) is 13.5 Å². The summed E-state index contributed by atoms with van der Waals surface area (Å²) in [4.78, 5) is 4.31. The van der Waals surface area contributed by atoms with Gasteiger partial charge < -0.3 is 10.1 Å². The first-order valence-corrected chi connectivity index (χ1v) is 4.16. The van der Waals surface area contributed by atoms with Crippen molar-refractivity contribution < 1.29 is 4.74 Å². The molecule has 4 heteroatoms. The fraction of sp³-hybridized carbons (Fsp3) is 0.444. The van der Waals surface area contributed by atoms with Crippen LogP contribution in [0.4, 0.5) is 0 Å². The molecule has 2 heterocycles. The second kappa shape index (κ2) is 4.44. The molecule has 2 rings (SSSR count). The van der Waals surface area contributed by atoms with Gasteiger partial charge in [0.1, 0.15) is 6.61 Å². The predicted octanol–water partition coefficient (Wildman–Crippen LogP) is 1.29. The van der Waals surface area contributed by atoms with Crippen molar-refractivity contribution in [1.29, 1.82) is 0 Å². The number of nitrogens with zero attached hydrogens (tertiary/aromatic N) is 1. The number of rotatable bonds is 0. The molecule has 0 aliphatic carbocycles. The minimum atomic E-state index is 0. The van der Waals surface area contributed by atoms with Crippen LogP contribution in [0.5, 0.6) is 5.88 Å². The number of halogens is 1. The summed E-state index contributed by atoms with van der Waals surface area (Å²) in [6, 6.07) is 4.07. The van der Waals surface area contributed by atoms with Gasteiger partial charge in [0.25, 0.3) is 0 Å². The summed E-state index contributed by atoms with van der Waals surface area (Å²) in [5.41, 5.74) is 2.16. The van der Waals surface area contributed by atoms with E-state index in [2.05, 4.69) is 16.4 Å². The van der Waals surface area contributed by atoms with Gasteiger partial charge in [-0.3, -0.25) is 0 Å². The largest absolute Gasteiger partial charge is 0.476 e. The van der Waals surface area contributed by atoms with Crippen LogP contribution in [-0.4, -0.2) is 18.1 Å². The van der Waals surface area contributed by atoms with Crippen molar-refractivity contribution in [2.75, 3.05) is 13.2 Å². The third kappa shape index (κ3) is 2.32. The molecule has 0 aromatic carbocycles. The maximum absolute atomic E-state index is 5.46. The Kier molecular flexibility index (Phi) is 3.51. The Morgan fingerprint density at radius 2 is 2.31 bits per heavy atom. The molecule has 0 radical (unpaired) electrons. The topological polar surface area (TPSA) is 34.1 Å². The monoisotopic (exact) mass is 200 g/mol. The maximum atomic E-state index is 5.46. The van der Waals surface area contributed by atoms with Gasteiger partial charge in [0.05, 0.1) is 0 Å². The normalized spacial score (nSPS) is 14.8. The zero-order valence-electron chi connectivity index (χ0n) is 7.54. The number of aromatic nitrogens is 1. The molecule has 0 saturated heterocycles. The molecule has 1 aromatic heterocycles. The molecule has 0 bridgehead atoms. The fourth-order valence-electron chi connectivity index (χ4n) is 1.26. The standard InChI is InChI=1S/C9H12N2O.ClH/c1-7-2-3-8-6-10-4-5-12-9(8)11-7;/h2-3,10H,4-6H2,1H3;1H. The molecule has 0 saturated carbocycles. The summed E-state index contributed by atoms with van der Waals surface area (Å²) in [5, 5.41) is 3.26. The van der Waals surface area contributed by atoms with Crippen LogP contribution >= 0.6 is 12.4 Å². The number of ether oxygens (including phenoxy) is 1. The molecule has 1 aromatic rings. The first-order chi connectivity index (χ1) is 5.86. The van der Waals surface area contributed by atoms with Crippen LogP contribution in [0, 0.1) is 6.92 Å². The molecular weight excluding hydrogens is 188 g/mol. The fourth-order valence-corrected chi connectivity index (χ4v) is 1.26. The molecule has 13 heavy (non-hydrogen) atoms. The lowest BCUT2D eigenvalue weighted by molar-refractivity contribution is 0.313. The van der Waals surface area contributed by atoms with Gasteiger partial charge in [-0.15, -0.1) is 12.4 Å². The van der Waals surface area contributed by atoms with Crippen LogP contribution in [-0.2, 0) is 6.54 Å². The van der Waals surface area contributed by atoms with Gasteiger partial charge in [-0.1, -0.05) is 6.07 Å². The Morgan fingerprint density at radius 3 is 3.15 bits per heavy atom. The molecule has 0 atom stereocenters. The average Bonchev–Trinajstić information content (AvgIpc) is 2.28. The van der Waals surface area contributed by atoms with Crippen molar-refractivity contribution in [1.82, 2.24) is 10.3 Å². The quantitative estimate of drug-likeness (QED) is 0.686. The molecule has 1 aliphatic heterocycles. The van der Waals surface area contributed by atoms with Crippen molar-refractivity contribution >= 4 is 12.4 Å². The molecule has 0 amide bonds. The van der Waals surface area contributed by atoms with Gasteiger partial charge in [-0.05, 0) is 13.0 Å². The van der Waals surface area contributed by atoms with E-state index < -0.39 is 0 Å². The summed E-state index contributed by atoms with van der Waals surface area (Å²) in [6.45, 7) is 4.45. The van der Waals surface area contributed by atoms with Gasteiger partial charge in [0.15, 0.2) is 0 Å². The zero-order valence-corrected chi connectivity index (χ0v) is 8.36. The number of aryl methyl sites for hydroxylation is 1.